The van der Waals surface area contributed by atoms with Crippen LogP contribution in [0.1, 0.15) is 64.2 Å². The third kappa shape index (κ3) is 5.07. The van der Waals surface area contributed by atoms with Crippen LogP contribution in [0.25, 0.3) is 0 Å². The lowest BCUT2D eigenvalue weighted by Crippen LogP contribution is -2.41. The van der Waals surface area contributed by atoms with Gasteiger partial charge in [-0.25, -0.2) is 0 Å². The van der Waals surface area contributed by atoms with Gasteiger partial charge in [0.25, 0.3) is 0 Å². The largest absolute Gasteiger partial charge is 0.392 e. The summed E-state index contributed by atoms with van der Waals surface area (Å²) in [5.74, 6) is 0.765. The van der Waals surface area contributed by atoms with Gasteiger partial charge < -0.3 is 14.7 Å². The first-order chi connectivity index (χ1) is 11.2. The van der Waals surface area contributed by atoms with Crippen molar-refractivity contribution in [2.45, 2.75) is 81.8 Å². The number of ether oxygens (including phenoxy) is 1. The van der Waals surface area contributed by atoms with Gasteiger partial charge in [-0.2, -0.15) is 0 Å². The molecule has 3 nitrogen and oxygen atoms in total. The van der Waals surface area contributed by atoms with Gasteiger partial charge in [0.1, 0.15) is 0 Å². The molecule has 1 saturated heterocycles. The van der Waals surface area contributed by atoms with E-state index in [4.69, 9.17) is 16.3 Å². The van der Waals surface area contributed by atoms with Gasteiger partial charge in [-0.05, 0) is 64.0 Å². The van der Waals surface area contributed by atoms with Gasteiger partial charge >= 0.3 is 0 Å². The Morgan fingerprint density at radius 1 is 1.00 bits per heavy atom. The predicted molar refractivity (Wildman–Crippen MR) is 95.0 cm³/mol. The molecule has 0 spiro atoms. The lowest BCUT2D eigenvalue weighted by atomic mass is 9.74. The predicted octanol–water partition coefficient (Wildman–Crippen LogP) is 3.82. The number of alkyl halides is 1. The summed E-state index contributed by atoms with van der Waals surface area (Å²) in [6.45, 7) is 4.38. The lowest BCUT2D eigenvalue weighted by Gasteiger charge is -2.39. The SMILES string of the molecule is OC(C1CCCCC1)C1CCC(OCCN2CCCC2)CC1Cl. The van der Waals surface area contributed by atoms with E-state index in [1.54, 1.807) is 0 Å². The summed E-state index contributed by atoms with van der Waals surface area (Å²) in [5.41, 5.74) is 0. The van der Waals surface area contributed by atoms with Crippen molar-refractivity contribution in [2.24, 2.45) is 11.8 Å². The van der Waals surface area contributed by atoms with Crippen LogP contribution < -0.4 is 0 Å². The number of rotatable bonds is 6. The summed E-state index contributed by atoms with van der Waals surface area (Å²) in [6, 6.07) is 0. The number of nitrogens with zero attached hydrogens (tertiary/aromatic N) is 1. The van der Waals surface area contributed by atoms with E-state index >= 15 is 0 Å². The highest BCUT2D eigenvalue weighted by atomic mass is 35.5. The summed E-state index contributed by atoms with van der Waals surface area (Å²) in [7, 11) is 0. The third-order valence-corrected chi connectivity index (χ3v) is 6.81. The Kier molecular flexibility index (Phi) is 7.06. The number of aliphatic hydroxyl groups is 1. The number of hydrogen-bond donors (Lipinski definition) is 1. The van der Waals surface area contributed by atoms with Crippen molar-refractivity contribution in [1.82, 2.24) is 4.90 Å². The highest BCUT2D eigenvalue weighted by Crippen LogP contribution is 2.38. The van der Waals surface area contributed by atoms with Crippen LogP contribution in [-0.2, 0) is 4.74 Å². The van der Waals surface area contributed by atoms with Gasteiger partial charge in [-0.15, -0.1) is 11.6 Å². The average molecular weight is 344 g/mol. The molecule has 0 aromatic heterocycles. The van der Waals surface area contributed by atoms with Gasteiger partial charge in [-0.1, -0.05) is 19.3 Å². The normalized spacial score (nSPS) is 35.5. The van der Waals surface area contributed by atoms with Crippen molar-refractivity contribution in [1.29, 1.82) is 0 Å². The molecule has 1 aliphatic heterocycles. The Morgan fingerprint density at radius 3 is 2.43 bits per heavy atom. The van der Waals surface area contributed by atoms with Crippen LogP contribution in [0.3, 0.4) is 0 Å². The molecule has 1 N–H and O–H groups in total. The van der Waals surface area contributed by atoms with Crippen LogP contribution in [0.15, 0.2) is 0 Å². The molecule has 0 bridgehead atoms. The van der Waals surface area contributed by atoms with Crippen LogP contribution in [0.4, 0.5) is 0 Å². The minimum atomic E-state index is -0.191. The molecule has 2 saturated carbocycles. The summed E-state index contributed by atoms with van der Waals surface area (Å²) >= 11 is 6.65. The van der Waals surface area contributed by atoms with Gasteiger partial charge in [0.15, 0.2) is 0 Å². The number of halogens is 1. The van der Waals surface area contributed by atoms with E-state index in [0.717, 1.165) is 32.4 Å². The molecule has 134 valence electrons. The highest BCUT2D eigenvalue weighted by Gasteiger charge is 2.37. The summed E-state index contributed by atoms with van der Waals surface area (Å²) < 4.78 is 6.08. The van der Waals surface area contributed by atoms with E-state index < -0.39 is 0 Å². The number of aliphatic hydroxyl groups excluding tert-OH is 1. The maximum Gasteiger partial charge on any atom is 0.0610 e. The van der Waals surface area contributed by atoms with Crippen LogP contribution >= 0.6 is 11.6 Å². The van der Waals surface area contributed by atoms with Gasteiger partial charge in [-0.3, -0.25) is 0 Å². The summed E-state index contributed by atoms with van der Waals surface area (Å²) in [5, 5.41) is 10.8. The first-order valence-corrected chi connectivity index (χ1v) is 10.3. The second kappa shape index (κ2) is 9.03. The Morgan fingerprint density at radius 2 is 1.74 bits per heavy atom. The monoisotopic (exact) mass is 343 g/mol. The molecule has 3 rings (SSSR count). The fourth-order valence-corrected chi connectivity index (χ4v) is 5.29. The number of likely N-dealkylation sites (tertiary alicyclic amines) is 1. The molecule has 0 aromatic carbocycles. The third-order valence-electron chi connectivity index (χ3n) is 6.31. The fraction of sp³-hybridized carbons (Fsp3) is 1.00. The zero-order valence-corrected chi connectivity index (χ0v) is 15.2. The Hall–Kier alpha value is 0.170. The molecule has 4 atom stereocenters. The van der Waals surface area contributed by atoms with E-state index in [2.05, 4.69) is 4.90 Å². The van der Waals surface area contributed by atoms with Crippen LogP contribution in [0.2, 0.25) is 0 Å². The zero-order chi connectivity index (χ0) is 16.1. The van der Waals surface area contributed by atoms with Crippen LogP contribution in [-0.4, -0.2) is 53.8 Å². The van der Waals surface area contributed by atoms with E-state index in [1.165, 1.54) is 58.0 Å². The molecule has 23 heavy (non-hydrogen) atoms. The Bertz CT molecular complexity index is 342. The van der Waals surface area contributed by atoms with Gasteiger partial charge in [0.05, 0.1) is 18.8 Å². The summed E-state index contributed by atoms with van der Waals surface area (Å²) in [4.78, 5) is 2.50. The van der Waals surface area contributed by atoms with Crippen molar-refractivity contribution in [3.63, 3.8) is 0 Å². The van der Waals surface area contributed by atoms with Gasteiger partial charge in [0.2, 0.25) is 0 Å². The van der Waals surface area contributed by atoms with E-state index in [0.29, 0.717) is 12.0 Å². The second-order valence-electron chi connectivity index (χ2n) is 7.92. The van der Waals surface area contributed by atoms with E-state index in [9.17, 15) is 5.11 Å². The maximum absolute atomic E-state index is 10.7. The van der Waals surface area contributed by atoms with E-state index in [1.807, 2.05) is 0 Å². The molecule has 4 heteroatoms. The van der Waals surface area contributed by atoms with Gasteiger partial charge in [0, 0.05) is 17.8 Å². The quantitative estimate of drug-likeness (QED) is 0.744. The first-order valence-electron chi connectivity index (χ1n) is 9.90. The van der Waals surface area contributed by atoms with Crippen LogP contribution in [0.5, 0.6) is 0 Å². The van der Waals surface area contributed by atoms with E-state index in [-0.39, 0.29) is 17.4 Å². The Balaban J connectivity index is 1.38. The highest BCUT2D eigenvalue weighted by molar-refractivity contribution is 6.20. The fourth-order valence-electron chi connectivity index (χ4n) is 4.82. The molecular weight excluding hydrogens is 310 g/mol. The minimum Gasteiger partial charge on any atom is -0.392 e. The second-order valence-corrected chi connectivity index (χ2v) is 8.48. The molecule has 0 aromatic rings. The molecular formula is C19H34ClNO2. The lowest BCUT2D eigenvalue weighted by molar-refractivity contribution is -0.0266. The topological polar surface area (TPSA) is 32.7 Å². The van der Waals surface area contributed by atoms with Crippen molar-refractivity contribution in [3.05, 3.63) is 0 Å². The van der Waals surface area contributed by atoms with Crippen LogP contribution in [0, 0.1) is 11.8 Å². The Labute approximate surface area is 146 Å². The minimum absolute atomic E-state index is 0.0810. The average Bonchev–Trinajstić information content (AvgIpc) is 3.09. The molecule has 1 heterocycles. The van der Waals surface area contributed by atoms with Crippen molar-refractivity contribution >= 4 is 11.6 Å². The molecule has 0 radical (unpaired) electrons. The maximum atomic E-state index is 10.7. The molecule has 0 amide bonds. The summed E-state index contributed by atoms with van der Waals surface area (Å²) in [6.07, 6.45) is 12.1. The molecule has 3 fully saturated rings. The van der Waals surface area contributed by atoms with Crippen molar-refractivity contribution < 1.29 is 9.84 Å². The number of hydrogen-bond acceptors (Lipinski definition) is 3. The first kappa shape index (κ1) is 18.0. The van der Waals surface area contributed by atoms with Crippen molar-refractivity contribution in [2.75, 3.05) is 26.2 Å². The molecule has 4 unspecified atom stereocenters. The molecule has 3 aliphatic rings. The smallest absolute Gasteiger partial charge is 0.0610 e. The standard InChI is InChI=1S/C19H34ClNO2/c20-18-14-16(23-13-12-21-10-4-5-11-21)8-9-17(18)19(22)15-6-2-1-3-7-15/h15-19,22H,1-14H2. The molecule has 2 aliphatic carbocycles. The zero-order valence-electron chi connectivity index (χ0n) is 14.5. The van der Waals surface area contributed by atoms with Crippen molar-refractivity contribution in [3.8, 4) is 0 Å².